The summed E-state index contributed by atoms with van der Waals surface area (Å²) in [5.41, 5.74) is 0.500. The Bertz CT molecular complexity index is 511. The maximum Gasteiger partial charge on any atom is 0.253 e. The quantitative estimate of drug-likeness (QED) is 0.774. The van der Waals surface area contributed by atoms with Gasteiger partial charge in [0, 0.05) is 30.7 Å². The molecule has 18 heavy (non-hydrogen) atoms. The fraction of sp³-hybridized carbons (Fsp3) is 0.417. The Morgan fingerprint density at radius 1 is 1.28 bits per heavy atom. The zero-order valence-corrected chi connectivity index (χ0v) is 12.8. The van der Waals surface area contributed by atoms with E-state index in [2.05, 4.69) is 15.9 Å². The van der Waals surface area contributed by atoms with Crippen LogP contribution in [0.2, 0.25) is 0 Å². The second-order valence-electron chi connectivity index (χ2n) is 4.07. The number of hydrogen-bond acceptors (Lipinski definition) is 3. The van der Waals surface area contributed by atoms with Gasteiger partial charge in [-0.25, -0.2) is 8.42 Å². The second-order valence-corrected chi connectivity index (χ2v) is 6.87. The van der Waals surface area contributed by atoms with Gasteiger partial charge in [0.15, 0.2) is 9.84 Å². The molecule has 0 aliphatic carbocycles. The molecule has 0 radical (unpaired) electrons. The molecule has 1 aromatic carbocycles. The first-order valence-electron chi connectivity index (χ1n) is 5.48. The molecule has 0 aromatic heterocycles. The van der Waals surface area contributed by atoms with Crippen molar-refractivity contribution in [3.8, 4) is 0 Å². The van der Waals surface area contributed by atoms with Crippen molar-refractivity contribution in [1.82, 2.24) is 4.90 Å². The van der Waals surface area contributed by atoms with Gasteiger partial charge in [-0.05, 0) is 30.7 Å². The fourth-order valence-corrected chi connectivity index (χ4v) is 2.34. The minimum absolute atomic E-state index is 0.101. The van der Waals surface area contributed by atoms with E-state index in [4.69, 9.17) is 0 Å². The van der Waals surface area contributed by atoms with E-state index in [1.54, 1.807) is 24.1 Å². The van der Waals surface area contributed by atoms with Crippen molar-refractivity contribution in [2.75, 3.05) is 25.2 Å². The van der Waals surface area contributed by atoms with Crippen LogP contribution in [0.1, 0.15) is 16.8 Å². The molecule has 0 N–H and O–H groups in total. The number of carbonyl (C=O) groups excluding carboxylic acids is 1. The molecular weight excluding hydrogens is 318 g/mol. The summed E-state index contributed by atoms with van der Waals surface area (Å²) in [6.45, 7) is 0.665. The second kappa shape index (κ2) is 6.33. The molecule has 6 heteroatoms. The van der Waals surface area contributed by atoms with Gasteiger partial charge in [-0.1, -0.05) is 15.9 Å². The molecule has 1 rings (SSSR count). The van der Waals surface area contributed by atoms with Crippen LogP contribution in [-0.4, -0.2) is 44.4 Å². The predicted molar refractivity (Wildman–Crippen MR) is 74.9 cm³/mol. The van der Waals surface area contributed by atoms with E-state index in [1.807, 2.05) is 0 Å². The van der Waals surface area contributed by atoms with E-state index in [0.717, 1.165) is 18.0 Å². The highest BCUT2D eigenvalue weighted by atomic mass is 79.9. The van der Waals surface area contributed by atoms with E-state index >= 15 is 0 Å². The lowest BCUT2D eigenvalue weighted by molar-refractivity contribution is 0.0795. The molecule has 0 heterocycles. The van der Waals surface area contributed by atoms with Gasteiger partial charge in [0.25, 0.3) is 5.91 Å². The molecule has 100 valence electrons. The number of amides is 1. The van der Waals surface area contributed by atoms with E-state index < -0.39 is 9.84 Å². The van der Waals surface area contributed by atoms with Crippen LogP contribution in [0, 0.1) is 0 Å². The highest BCUT2D eigenvalue weighted by molar-refractivity contribution is 9.09. The third kappa shape index (κ3) is 4.10. The highest BCUT2D eigenvalue weighted by Crippen LogP contribution is 2.11. The van der Waals surface area contributed by atoms with Crippen LogP contribution in [0.4, 0.5) is 0 Å². The zero-order valence-electron chi connectivity index (χ0n) is 10.4. The predicted octanol–water partition coefficient (Wildman–Crippen LogP) is 1.95. The lowest BCUT2D eigenvalue weighted by Crippen LogP contribution is -2.27. The summed E-state index contributed by atoms with van der Waals surface area (Å²) in [7, 11) is -1.48. The highest BCUT2D eigenvalue weighted by Gasteiger charge is 2.12. The Balaban J connectivity index is 2.82. The van der Waals surface area contributed by atoms with E-state index in [0.29, 0.717) is 12.1 Å². The summed E-state index contributed by atoms with van der Waals surface area (Å²) in [6, 6.07) is 6.01. The molecule has 0 unspecified atom stereocenters. The first-order valence-corrected chi connectivity index (χ1v) is 8.49. The van der Waals surface area contributed by atoms with Gasteiger partial charge in [-0.3, -0.25) is 4.79 Å². The minimum atomic E-state index is -3.21. The first kappa shape index (κ1) is 15.2. The molecule has 0 spiro atoms. The third-order valence-electron chi connectivity index (χ3n) is 2.50. The SMILES string of the molecule is CN(CCCBr)C(=O)c1ccc(S(C)(=O)=O)cc1. The maximum atomic E-state index is 12.0. The number of carbonyl (C=O) groups is 1. The lowest BCUT2D eigenvalue weighted by atomic mass is 10.2. The molecule has 0 saturated heterocycles. The zero-order chi connectivity index (χ0) is 13.8. The largest absolute Gasteiger partial charge is 0.342 e. The summed E-state index contributed by atoms with van der Waals surface area (Å²) in [4.78, 5) is 13.8. The summed E-state index contributed by atoms with van der Waals surface area (Å²) in [5, 5.41) is 0.845. The fourth-order valence-electron chi connectivity index (χ4n) is 1.46. The van der Waals surface area contributed by atoms with Crippen LogP contribution in [0.25, 0.3) is 0 Å². The van der Waals surface area contributed by atoms with Crippen molar-refractivity contribution >= 4 is 31.7 Å². The van der Waals surface area contributed by atoms with E-state index in [-0.39, 0.29) is 10.8 Å². The number of nitrogens with zero attached hydrogens (tertiary/aromatic N) is 1. The van der Waals surface area contributed by atoms with E-state index in [9.17, 15) is 13.2 Å². The molecule has 0 aliphatic rings. The van der Waals surface area contributed by atoms with Gasteiger partial charge in [0.2, 0.25) is 0 Å². The van der Waals surface area contributed by atoms with Crippen molar-refractivity contribution in [2.24, 2.45) is 0 Å². The number of benzene rings is 1. The van der Waals surface area contributed by atoms with E-state index in [1.165, 1.54) is 12.1 Å². The molecule has 4 nitrogen and oxygen atoms in total. The van der Waals surface area contributed by atoms with Crippen LogP contribution < -0.4 is 0 Å². The molecule has 0 bridgehead atoms. The van der Waals surface area contributed by atoms with Crippen molar-refractivity contribution in [3.05, 3.63) is 29.8 Å². The van der Waals surface area contributed by atoms with Crippen LogP contribution in [0.3, 0.4) is 0 Å². The topological polar surface area (TPSA) is 54.5 Å². The first-order chi connectivity index (χ1) is 8.36. The summed E-state index contributed by atoms with van der Waals surface area (Å²) in [5.74, 6) is -0.101. The van der Waals surface area contributed by atoms with Crippen LogP contribution in [0.5, 0.6) is 0 Å². The van der Waals surface area contributed by atoms with Crippen molar-refractivity contribution in [3.63, 3.8) is 0 Å². The van der Waals surface area contributed by atoms with Gasteiger partial charge in [0.1, 0.15) is 0 Å². The van der Waals surface area contributed by atoms with Crippen LogP contribution >= 0.6 is 15.9 Å². The maximum absolute atomic E-state index is 12.0. The standard InChI is InChI=1S/C12H16BrNO3S/c1-14(9-3-8-13)12(15)10-4-6-11(7-5-10)18(2,16)17/h4-7H,3,8-9H2,1-2H3. The average molecular weight is 334 g/mol. The number of hydrogen-bond donors (Lipinski definition) is 0. The van der Waals surface area contributed by atoms with Crippen LogP contribution in [-0.2, 0) is 9.84 Å². The number of sulfone groups is 1. The molecule has 1 aromatic rings. The van der Waals surface area contributed by atoms with Gasteiger partial charge in [-0.2, -0.15) is 0 Å². The lowest BCUT2D eigenvalue weighted by Gasteiger charge is -2.16. The molecule has 0 saturated carbocycles. The van der Waals surface area contributed by atoms with Crippen molar-refractivity contribution in [1.29, 1.82) is 0 Å². The minimum Gasteiger partial charge on any atom is -0.342 e. The van der Waals surface area contributed by atoms with Crippen LogP contribution in [0.15, 0.2) is 29.2 Å². The number of alkyl halides is 1. The van der Waals surface area contributed by atoms with Gasteiger partial charge >= 0.3 is 0 Å². The molecule has 0 fully saturated rings. The van der Waals surface area contributed by atoms with Gasteiger partial charge in [0.05, 0.1) is 4.90 Å². The monoisotopic (exact) mass is 333 g/mol. The van der Waals surface area contributed by atoms with Gasteiger partial charge < -0.3 is 4.90 Å². The van der Waals surface area contributed by atoms with Gasteiger partial charge in [-0.15, -0.1) is 0 Å². The average Bonchev–Trinajstić information content (AvgIpc) is 2.34. The molecular formula is C12H16BrNO3S. The number of halogens is 1. The Labute approximate surface area is 116 Å². The Kier molecular flexibility index (Phi) is 5.34. The summed E-state index contributed by atoms with van der Waals surface area (Å²) < 4.78 is 22.6. The molecule has 0 aliphatic heterocycles. The number of rotatable bonds is 5. The normalized spacial score (nSPS) is 11.3. The third-order valence-corrected chi connectivity index (χ3v) is 4.19. The molecule has 1 amide bonds. The Morgan fingerprint density at radius 2 is 1.83 bits per heavy atom. The summed E-state index contributed by atoms with van der Waals surface area (Å²) >= 11 is 3.31. The summed E-state index contributed by atoms with van der Waals surface area (Å²) in [6.07, 6.45) is 2.02. The smallest absolute Gasteiger partial charge is 0.253 e. The van der Waals surface area contributed by atoms with Crippen molar-refractivity contribution in [2.45, 2.75) is 11.3 Å². The molecule has 0 atom stereocenters. The van der Waals surface area contributed by atoms with Crippen molar-refractivity contribution < 1.29 is 13.2 Å². The Morgan fingerprint density at radius 3 is 2.28 bits per heavy atom. The Hall–Kier alpha value is -0.880.